The van der Waals surface area contributed by atoms with E-state index in [0.29, 0.717) is 9.23 Å². The molecule has 1 fully saturated rings. The Labute approximate surface area is 185 Å². The number of thiocarbonyl (C=S) groups is 1. The number of carbonyl (C=O) groups excluding carboxylic acids is 3. The molecule has 0 spiro atoms. The Kier molecular flexibility index (Phi) is 6.83. The summed E-state index contributed by atoms with van der Waals surface area (Å²) in [6.45, 7) is 0.0970. The number of aromatic carboxylic acids is 1. The number of carboxylic acids is 1. The zero-order valence-electron chi connectivity index (χ0n) is 14.9. The Balaban J connectivity index is 1.64. The number of thioether (sulfide) groups is 1. The number of carboxylic acid groups (broad SMARTS) is 1. The summed E-state index contributed by atoms with van der Waals surface area (Å²) in [4.78, 5) is 37.8. The van der Waals surface area contributed by atoms with Gasteiger partial charge in [-0.25, -0.2) is 0 Å². The van der Waals surface area contributed by atoms with E-state index < -0.39 is 11.9 Å². The van der Waals surface area contributed by atoms with Crippen molar-refractivity contribution in [2.75, 3.05) is 11.9 Å². The molecule has 0 bridgehead atoms. The Morgan fingerprint density at radius 2 is 1.97 bits per heavy atom. The molecule has 1 heterocycles. The Morgan fingerprint density at radius 3 is 2.69 bits per heavy atom. The molecule has 2 aromatic rings. The molecule has 0 aromatic heterocycles. The number of hydrogen-bond acceptors (Lipinski definition) is 6. The van der Waals surface area contributed by atoms with Crippen LogP contribution in [0.5, 0.6) is 0 Å². The molecule has 1 N–H and O–H groups in total. The second kappa shape index (κ2) is 9.34. The van der Waals surface area contributed by atoms with Crippen LogP contribution in [0.1, 0.15) is 22.3 Å². The number of anilines is 1. The molecule has 0 unspecified atom stereocenters. The fraction of sp³-hybridized carbons (Fsp3) is 0.100. The van der Waals surface area contributed by atoms with Gasteiger partial charge in [-0.2, -0.15) is 0 Å². The monoisotopic (exact) mass is 489 g/mol. The molecule has 2 amide bonds. The standard InChI is InChI=1S/C20H15BrN2O4S2/c21-13-5-3-4-12(10-13)11-16-18(25)23(20(28)29-16)9-8-17(24)22-15-7-2-1-6-14(15)19(26)27/h1-7,10-11H,8-9H2,(H,22,24)(H,26,27)/p-1/b16-11-. The quantitative estimate of drug-likeness (QED) is 0.495. The summed E-state index contributed by atoms with van der Waals surface area (Å²) in [6.07, 6.45) is 1.72. The van der Waals surface area contributed by atoms with E-state index in [1.165, 1.54) is 28.8 Å². The number of halogens is 1. The third-order valence-electron chi connectivity index (χ3n) is 4.00. The number of hydrogen-bond donors (Lipinski definition) is 1. The summed E-state index contributed by atoms with van der Waals surface area (Å²) < 4.78 is 1.27. The lowest BCUT2D eigenvalue weighted by atomic mass is 10.1. The number of benzene rings is 2. The molecule has 1 aliphatic heterocycles. The number of nitrogens with zero attached hydrogens (tertiary/aromatic N) is 1. The van der Waals surface area contributed by atoms with Gasteiger partial charge in [-0.15, -0.1) is 0 Å². The van der Waals surface area contributed by atoms with Crippen LogP contribution in [0.2, 0.25) is 0 Å². The smallest absolute Gasteiger partial charge is 0.266 e. The molecular formula is C20H14BrN2O4S2-. The summed E-state index contributed by atoms with van der Waals surface area (Å²) in [7, 11) is 0. The third kappa shape index (κ3) is 5.31. The highest BCUT2D eigenvalue weighted by molar-refractivity contribution is 9.10. The number of amides is 2. The van der Waals surface area contributed by atoms with E-state index in [4.69, 9.17) is 12.2 Å². The first-order valence-corrected chi connectivity index (χ1v) is 10.5. The maximum atomic E-state index is 12.6. The van der Waals surface area contributed by atoms with Crippen LogP contribution in [-0.4, -0.2) is 33.5 Å². The molecule has 2 aromatic carbocycles. The average Bonchev–Trinajstić information content (AvgIpc) is 2.93. The fourth-order valence-electron chi connectivity index (χ4n) is 2.64. The van der Waals surface area contributed by atoms with Gasteiger partial charge in [0.25, 0.3) is 5.91 Å². The summed E-state index contributed by atoms with van der Waals surface area (Å²) >= 11 is 9.84. The van der Waals surface area contributed by atoms with Crippen molar-refractivity contribution in [2.24, 2.45) is 0 Å². The van der Waals surface area contributed by atoms with Crippen LogP contribution in [0.15, 0.2) is 57.9 Å². The molecule has 0 saturated carbocycles. The minimum Gasteiger partial charge on any atom is -0.545 e. The van der Waals surface area contributed by atoms with Gasteiger partial charge in [0.05, 0.1) is 10.9 Å². The predicted octanol–water partition coefficient (Wildman–Crippen LogP) is 3.04. The van der Waals surface area contributed by atoms with Crippen molar-refractivity contribution < 1.29 is 19.5 Å². The zero-order chi connectivity index (χ0) is 21.0. The van der Waals surface area contributed by atoms with Gasteiger partial charge in [-0.3, -0.25) is 14.5 Å². The lowest BCUT2D eigenvalue weighted by Gasteiger charge is -2.15. The van der Waals surface area contributed by atoms with Gasteiger partial charge in [0.2, 0.25) is 5.91 Å². The normalized spacial score (nSPS) is 15.1. The summed E-state index contributed by atoms with van der Waals surface area (Å²) in [5, 5.41) is 13.7. The van der Waals surface area contributed by atoms with Crippen LogP contribution < -0.4 is 10.4 Å². The first-order valence-electron chi connectivity index (χ1n) is 8.46. The molecule has 1 aliphatic rings. The maximum absolute atomic E-state index is 12.6. The van der Waals surface area contributed by atoms with Gasteiger partial charge in [0, 0.05) is 28.7 Å². The van der Waals surface area contributed by atoms with Crippen LogP contribution in [0.4, 0.5) is 5.69 Å². The number of rotatable bonds is 6. The van der Waals surface area contributed by atoms with Crippen molar-refractivity contribution in [1.29, 1.82) is 0 Å². The summed E-state index contributed by atoms with van der Waals surface area (Å²) in [6, 6.07) is 13.5. The molecule has 0 aliphatic carbocycles. The number of carbonyl (C=O) groups is 3. The van der Waals surface area contributed by atoms with Crippen molar-refractivity contribution in [3.05, 3.63) is 69.0 Å². The van der Waals surface area contributed by atoms with Crippen molar-refractivity contribution in [3.8, 4) is 0 Å². The van der Waals surface area contributed by atoms with Crippen molar-refractivity contribution >= 4 is 73.8 Å². The highest BCUT2D eigenvalue weighted by Crippen LogP contribution is 2.33. The lowest BCUT2D eigenvalue weighted by molar-refractivity contribution is -0.254. The highest BCUT2D eigenvalue weighted by Gasteiger charge is 2.32. The molecule has 3 rings (SSSR count). The van der Waals surface area contributed by atoms with Crippen molar-refractivity contribution in [3.63, 3.8) is 0 Å². The molecular weight excluding hydrogens is 476 g/mol. The topological polar surface area (TPSA) is 89.5 Å². The van der Waals surface area contributed by atoms with Crippen molar-refractivity contribution in [2.45, 2.75) is 6.42 Å². The van der Waals surface area contributed by atoms with E-state index >= 15 is 0 Å². The molecule has 6 nitrogen and oxygen atoms in total. The number of nitrogens with one attached hydrogen (secondary N) is 1. The van der Waals surface area contributed by atoms with Gasteiger partial charge in [-0.05, 0) is 29.8 Å². The van der Waals surface area contributed by atoms with E-state index in [2.05, 4.69) is 21.2 Å². The van der Waals surface area contributed by atoms with Crippen LogP contribution >= 0.6 is 39.9 Å². The molecule has 1 saturated heterocycles. The second-order valence-corrected chi connectivity index (χ2v) is 8.61. The molecule has 148 valence electrons. The average molecular weight is 490 g/mol. The van der Waals surface area contributed by atoms with E-state index in [1.807, 2.05) is 24.3 Å². The third-order valence-corrected chi connectivity index (χ3v) is 5.87. The summed E-state index contributed by atoms with van der Waals surface area (Å²) in [5.41, 5.74) is 0.900. The number of para-hydroxylation sites is 1. The van der Waals surface area contributed by atoms with E-state index in [9.17, 15) is 19.5 Å². The van der Waals surface area contributed by atoms with Crippen molar-refractivity contribution in [1.82, 2.24) is 4.90 Å². The van der Waals surface area contributed by atoms with E-state index in [1.54, 1.807) is 18.2 Å². The van der Waals surface area contributed by atoms with Crippen LogP contribution in [0.25, 0.3) is 6.08 Å². The molecule has 0 atom stereocenters. The zero-order valence-corrected chi connectivity index (χ0v) is 18.1. The lowest BCUT2D eigenvalue weighted by Crippen LogP contribution is -2.32. The first-order chi connectivity index (χ1) is 13.8. The Bertz CT molecular complexity index is 1040. The minimum atomic E-state index is -1.38. The molecule has 0 radical (unpaired) electrons. The summed E-state index contributed by atoms with van der Waals surface area (Å²) in [5.74, 6) is -2.07. The Morgan fingerprint density at radius 1 is 1.21 bits per heavy atom. The molecule has 9 heteroatoms. The second-order valence-electron chi connectivity index (χ2n) is 6.02. The predicted molar refractivity (Wildman–Crippen MR) is 118 cm³/mol. The van der Waals surface area contributed by atoms with Gasteiger partial charge >= 0.3 is 0 Å². The Hall–Kier alpha value is -2.49. The van der Waals surface area contributed by atoms with E-state index in [-0.39, 0.29) is 30.1 Å². The fourth-order valence-corrected chi connectivity index (χ4v) is 4.36. The SMILES string of the molecule is O=C(CCN1C(=O)/C(=C/c2cccc(Br)c2)SC1=S)Nc1ccccc1C(=O)[O-]. The largest absolute Gasteiger partial charge is 0.545 e. The van der Waals surface area contributed by atoms with Crippen LogP contribution in [0, 0.1) is 0 Å². The maximum Gasteiger partial charge on any atom is 0.266 e. The van der Waals surface area contributed by atoms with Gasteiger partial charge in [0.1, 0.15) is 4.32 Å². The van der Waals surface area contributed by atoms with Gasteiger partial charge in [0.15, 0.2) is 0 Å². The van der Waals surface area contributed by atoms with Gasteiger partial charge < -0.3 is 15.2 Å². The first kappa shape index (κ1) is 21.2. The highest BCUT2D eigenvalue weighted by atomic mass is 79.9. The van der Waals surface area contributed by atoms with E-state index in [0.717, 1.165) is 10.0 Å². The van der Waals surface area contributed by atoms with Gasteiger partial charge in [-0.1, -0.05) is 70.2 Å². The van der Waals surface area contributed by atoms with Crippen LogP contribution in [0.3, 0.4) is 0 Å². The van der Waals surface area contributed by atoms with Crippen LogP contribution in [-0.2, 0) is 9.59 Å². The molecule has 29 heavy (non-hydrogen) atoms. The minimum absolute atomic E-state index is 0.0298.